The lowest BCUT2D eigenvalue weighted by atomic mass is 10.1. The number of rotatable bonds is 6. The molecule has 8 heteroatoms. The molecule has 0 radical (unpaired) electrons. The minimum Gasteiger partial charge on any atom is -0.481 e. The summed E-state index contributed by atoms with van der Waals surface area (Å²) in [6.45, 7) is 0. The normalized spacial score (nSPS) is 11.7. The van der Waals surface area contributed by atoms with Crippen LogP contribution in [0.15, 0.2) is 27.1 Å². The first kappa shape index (κ1) is 16.6. The van der Waals surface area contributed by atoms with E-state index in [9.17, 15) is 14.4 Å². The Kier molecular flexibility index (Phi) is 6.15. The number of aliphatic carboxylic acids is 2. The van der Waals surface area contributed by atoms with E-state index < -0.39 is 23.9 Å². The van der Waals surface area contributed by atoms with Crippen molar-refractivity contribution in [2.75, 3.05) is 0 Å². The maximum absolute atomic E-state index is 11.9. The zero-order valence-electron chi connectivity index (χ0n) is 10.1. The lowest BCUT2D eigenvalue weighted by Crippen LogP contribution is -2.41. The first-order chi connectivity index (χ1) is 9.29. The molecule has 6 nitrogen and oxygen atoms in total. The van der Waals surface area contributed by atoms with Gasteiger partial charge >= 0.3 is 11.9 Å². The fourth-order valence-electron chi connectivity index (χ4n) is 1.45. The van der Waals surface area contributed by atoms with E-state index in [1.54, 1.807) is 6.07 Å². The molecule has 0 bridgehead atoms. The second kappa shape index (κ2) is 7.39. The molecule has 108 valence electrons. The minimum absolute atomic E-state index is 0.175. The van der Waals surface area contributed by atoms with Crippen molar-refractivity contribution in [2.24, 2.45) is 0 Å². The second-order valence-electron chi connectivity index (χ2n) is 3.95. The van der Waals surface area contributed by atoms with Crippen molar-refractivity contribution < 1.29 is 24.6 Å². The Hall–Kier alpha value is -1.41. The summed E-state index contributed by atoms with van der Waals surface area (Å²) in [5, 5.41) is 19.8. The SMILES string of the molecule is O=C(O)CCC(NC(=O)c1cc(Br)cc(Br)c1)C(=O)O. The summed E-state index contributed by atoms with van der Waals surface area (Å²) in [4.78, 5) is 33.4. The van der Waals surface area contributed by atoms with Gasteiger partial charge in [-0.05, 0) is 24.6 Å². The Balaban J connectivity index is 2.79. The Labute approximate surface area is 131 Å². The third-order valence-electron chi connectivity index (χ3n) is 2.38. The molecule has 1 aromatic carbocycles. The molecule has 1 atom stereocenters. The van der Waals surface area contributed by atoms with Crippen LogP contribution in [0.5, 0.6) is 0 Å². The lowest BCUT2D eigenvalue weighted by Gasteiger charge is -2.13. The number of halogens is 2. The standard InChI is InChI=1S/C12H11Br2NO5/c13-7-3-6(4-8(14)5-7)11(18)15-9(12(19)20)1-2-10(16)17/h3-5,9H,1-2H2,(H,15,18)(H,16,17)(H,19,20). The molecule has 1 rings (SSSR count). The molecule has 0 aliphatic rings. The number of hydrogen-bond acceptors (Lipinski definition) is 3. The lowest BCUT2D eigenvalue weighted by molar-refractivity contribution is -0.140. The van der Waals surface area contributed by atoms with Crippen LogP contribution in [-0.2, 0) is 9.59 Å². The molecule has 0 saturated heterocycles. The number of carbonyl (C=O) groups excluding carboxylic acids is 1. The van der Waals surface area contributed by atoms with Crippen molar-refractivity contribution in [1.29, 1.82) is 0 Å². The van der Waals surface area contributed by atoms with Crippen molar-refractivity contribution in [2.45, 2.75) is 18.9 Å². The van der Waals surface area contributed by atoms with Crippen LogP contribution in [0.25, 0.3) is 0 Å². The second-order valence-corrected chi connectivity index (χ2v) is 5.79. The van der Waals surface area contributed by atoms with E-state index in [4.69, 9.17) is 10.2 Å². The highest BCUT2D eigenvalue weighted by Crippen LogP contribution is 2.20. The number of benzene rings is 1. The molecule has 1 amide bonds. The number of carboxylic acids is 2. The highest BCUT2D eigenvalue weighted by molar-refractivity contribution is 9.11. The molecular weight excluding hydrogens is 398 g/mol. The quantitative estimate of drug-likeness (QED) is 0.669. The van der Waals surface area contributed by atoms with Gasteiger partial charge < -0.3 is 15.5 Å². The Morgan fingerprint density at radius 2 is 1.65 bits per heavy atom. The highest BCUT2D eigenvalue weighted by Gasteiger charge is 2.21. The van der Waals surface area contributed by atoms with Crippen LogP contribution in [0.4, 0.5) is 0 Å². The summed E-state index contributed by atoms with van der Waals surface area (Å²) < 4.78 is 1.32. The number of carboxylic acid groups (broad SMARTS) is 2. The summed E-state index contributed by atoms with van der Waals surface area (Å²) in [5.74, 6) is -2.96. The maximum Gasteiger partial charge on any atom is 0.326 e. The molecule has 1 unspecified atom stereocenters. The third-order valence-corrected chi connectivity index (χ3v) is 3.29. The van der Waals surface area contributed by atoms with E-state index in [0.29, 0.717) is 8.95 Å². The molecule has 3 N–H and O–H groups in total. The van der Waals surface area contributed by atoms with Gasteiger partial charge in [0.2, 0.25) is 0 Å². The third kappa shape index (κ3) is 5.30. The Morgan fingerprint density at radius 1 is 1.10 bits per heavy atom. The van der Waals surface area contributed by atoms with Gasteiger partial charge in [0.15, 0.2) is 0 Å². The van der Waals surface area contributed by atoms with Gasteiger partial charge in [-0.2, -0.15) is 0 Å². The van der Waals surface area contributed by atoms with E-state index >= 15 is 0 Å². The van der Waals surface area contributed by atoms with Crippen LogP contribution in [0.1, 0.15) is 23.2 Å². The van der Waals surface area contributed by atoms with Crippen molar-refractivity contribution in [3.63, 3.8) is 0 Å². The average Bonchev–Trinajstić information content (AvgIpc) is 2.32. The summed E-state index contributed by atoms with van der Waals surface area (Å²) in [7, 11) is 0. The molecule has 0 heterocycles. The Bertz CT molecular complexity index is 526. The van der Waals surface area contributed by atoms with E-state index in [2.05, 4.69) is 37.2 Å². The van der Waals surface area contributed by atoms with Crippen LogP contribution >= 0.6 is 31.9 Å². The molecule has 0 saturated carbocycles. The molecule has 0 aromatic heterocycles. The molecule has 0 aliphatic heterocycles. The minimum atomic E-state index is -1.27. The van der Waals surface area contributed by atoms with E-state index in [1.807, 2.05) is 0 Å². The summed E-state index contributed by atoms with van der Waals surface area (Å²) in [5.41, 5.74) is 0.271. The zero-order chi connectivity index (χ0) is 15.3. The van der Waals surface area contributed by atoms with Gasteiger partial charge in [0.25, 0.3) is 5.91 Å². The zero-order valence-corrected chi connectivity index (χ0v) is 13.3. The topological polar surface area (TPSA) is 104 Å². The van der Waals surface area contributed by atoms with Crippen molar-refractivity contribution in [1.82, 2.24) is 5.32 Å². The smallest absolute Gasteiger partial charge is 0.326 e. The van der Waals surface area contributed by atoms with Crippen LogP contribution in [0.2, 0.25) is 0 Å². The van der Waals surface area contributed by atoms with Crippen molar-refractivity contribution in [3.05, 3.63) is 32.7 Å². The Morgan fingerprint density at radius 3 is 2.10 bits per heavy atom. The molecular formula is C12H11Br2NO5. The fraction of sp³-hybridized carbons (Fsp3) is 0.250. The number of nitrogens with one attached hydrogen (secondary N) is 1. The van der Waals surface area contributed by atoms with Crippen LogP contribution in [-0.4, -0.2) is 34.1 Å². The van der Waals surface area contributed by atoms with E-state index in [1.165, 1.54) is 12.1 Å². The van der Waals surface area contributed by atoms with Crippen molar-refractivity contribution in [3.8, 4) is 0 Å². The predicted molar refractivity (Wildman–Crippen MR) is 77.6 cm³/mol. The van der Waals surface area contributed by atoms with Gasteiger partial charge in [-0.3, -0.25) is 9.59 Å². The van der Waals surface area contributed by atoms with Gasteiger partial charge in [-0.15, -0.1) is 0 Å². The fourth-order valence-corrected chi connectivity index (χ4v) is 2.75. The number of carbonyl (C=O) groups is 3. The maximum atomic E-state index is 11.9. The number of amides is 1. The van der Waals surface area contributed by atoms with Gasteiger partial charge in [0.05, 0.1) is 0 Å². The molecule has 0 fully saturated rings. The first-order valence-corrected chi connectivity index (χ1v) is 7.09. The van der Waals surface area contributed by atoms with Crippen LogP contribution in [0, 0.1) is 0 Å². The first-order valence-electron chi connectivity index (χ1n) is 5.51. The monoisotopic (exact) mass is 407 g/mol. The largest absolute Gasteiger partial charge is 0.481 e. The van der Waals surface area contributed by atoms with E-state index in [0.717, 1.165) is 0 Å². The van der Waals surface area contributed by atoms with Gasteiger partial charge in [-0.25, -0.2) is 4.79 Å². The van der Waals surface area contributed by atoms with Gasteiger partial charge in [0, 0.05) is 20.9 Å². The molecule has 0 aliphatic carbocycles. The van der Waals surface area contributed by atoms with Crippen molar-refractivity contribution >= 4 is 49.7 Å². The van der Waals surface area contributed by atoms with E-state index in [-0.39, 0.29) is 18.4 Å². The summed E-state index contributed by atoms with van der Waals surface area (Å²) in [6.07, 6.45) is -0.509. The molecule has 20 heavy (non-hydrogen) atoms. The average molecular weight is 409 g/mol. The number of hydrogen-bond donors (Lipinski definition) is 3. The highest BCUT2D eigenvalue weighted by atomic mass is 79.9. The molecule has 1 aromatic rings. The van der Waals surface area contributed by atoms with Crippen LogP contribution < -0.4 is 5.32 Å². The van der Waals surface area contributed by atoms with Gasteiger partial charge in [-0.1, -0.05) is 31.9 Å². The molecule has 0 spiro atoms. The predicted octanol–water partition coefficient (Wildman–Crippen LogP) is 2.26. The summed E-state index contributed by atoms with van der Waals surface area (Å²) >= 11 is 6.44. The van der Waals surface area contributed by atoms with Crippen LogP contribution in [0.3, 0.4) is 0 Å². The van der Waals surface area contributed by atoms with Gasteiger partial charge in [0.1, 0.15) is 6.04 Å². The summed E-state index contributed by atoms with van der Waals surface area (Å²) in [6, 6.07) is 3.57.